The molecule has 9 heterocycles. The predicted octanol–water partition coefficient (Wildman–Crippen LogP) is 17.7. The summed E-state index contributed by atoms with van der Waals surface area (Å²) in [5.74, 6) is -2.17. The minimum atomic E-state index is -1.04. The van der Waals surface area contributed by atoms with Crippen molar-refractivity contribution < 1.29 is 33.9 Å². The molecule has 9 aromatic rings. The van der Waals surface area contributed by atoms with E-state index in [2.05, 4.69) is 144 Å². The number of carboxylic acids is 1. The number of carboxylic acid groups (broad SMARTS) is 1. The molecule has 1 N–H and O–H groups in total. The molecule has 22 heteroatoms. The van der Waals surface area contributed by atoms with Crippen LogP contribution in [-0.2, 0) is 28.8 Å². The molecule has 1 atom stereocenters. The fraction of sp³-hybridized carbons (Fsp3) is 0.0667. The lowest BCUT2D eigenvalue weighted by Crippen LogP contribution is -2.22. The molecular formula is C60H37N3O7S12. The summed E-state index contributed by atoms with van der Waals surface area (Å²) in [7, 11) is 3.42. The van der Waals surface area contributed by atoms with Gasteiger partial charge in [-0.3, -0.25) is 29.0 Å². The summed E-state index contributed by atoms with van der Waals surface area (Å²) in [5, 5.41) is 9.28. The Morgan fingerprint density at radius 3 is 1.10 bits per heavy atom. The molecule has 3 aliphatic rings. The normalized spacial score (nSPS) is 16.8. The van der Waals surface area contributed by atoms with Gasteiger partial charge in [0.15, 0.2) is 5.78 Å². The van der Waals surface area contributed by atoms with Crippen molar-refractivity contribution >= 4 is 218 Å². The van der Waals surface area contributed by atoms with E-state index in [0.717, 1.165) is 92.3 Å². The summed E-state index contributed by atoms with van der Waals surface area (Å²) in [6.07, 6.45) is 5.64. The molecular weight excluding hydrogens is 1260 g/mol. The van der Waals surface area contributed by atoms with Gasteiger partial charge in [-0.25, -0.2) is 0 Å². The van der Waals surface area contributed by atoms with Gasteiger partial charge in [0.25, 0.3) is 11.8 Å². The second-order valence-corrected chi connectivity index (χ2v) is 29.8. The van der Waals surface area contributed by atoms with Gasteiger partial charge >= 0.3 is 12.1 Å². The molecule has 0 radical (unpaired) electrons. The Hall–Kier alpha value is -6.34. The van der Waals surface area contributed by atoms with Gasteiger partial charge in [0.1, 0.15) is 8.64 Å². The number of amides is 2. The first-order valence-corrected chi connectivity index (χ1v) is 33.0. The highest BCUT2D eigenvalue weighted by Crippen LogP contribution is 2.46. The Labute approximate surface area is 523 Å². The van der Waals surface area contributed by atoms with E-state index in [-0.39, 0.29) is 30.2 Å². The average Bonchev–Trinajstić information content (AvgIpc) is 4.48. The minimum Gasteiger partial charge on any atom is -0.481 e. The number of hydrogen-bond donors (Lipinski definition) is 1. The van der Waals surface area contributed by atoms with E-state index in [1.807, 2.05) is 24.3 Å². The van der Waals surface area contributed by atoms with Crippen molar-refractivity contribution in [2.75, 3.05) is 19.0 Å². The van der Waals surface area contributed by atoms with Crippen LogP contribution in [0.25, 0.3) is 78.8 Å². The molecule has 0 bridgehead atoms. The zero-order valence-electron chi connectivity index (χ0n) is 42.5. The van der Waals surface area contributed by atoms with Crippen molar-refractivity contribution in [2.24, 2.45) is 5.92 Å². The van der Waals surface area contributed by atoms with Crippen molar-refractivity contribution in [3.05, 3.63) is 175 Å². The number of thiocarbonyl (C=S) groups is 3. The van der Waals surface area contributed by atoms with Gasteiger partial charge in [-0.2, -0.15) is 9.59 Å². The van der Waals surface area contributed by atoms with E-state index >= 15 is 0 Å². The Balaban J connectivity index is 0.00000230. The predicted molar refractivity (Wildman–Crippen MR) is 357 cm³/mol. The zero-order valence-corrected chi connectivity index (χ0v) is 52.3. The molecule has 3 fully saturated rings. The molecule has 10 nitrogen and oxygen atoms in total. The number of Topliss-reactive ketones (excluding diaryl/α,β-unsaturated/α-hetero) is 1. The molecule has 406 valence electrons. The molecule has 3 aromatic carbocycles. The third-order valence-electron chi connectivity index (χ3n) is 12.9. The maximum Gasteiger partial charge on any atom is 0.373 e. The number of carbonyl (C=O) groups is 4. The smallest absolute Gasteiger partial charge is 0.373 e. The van der Waals surface area contributed by atoms with E-state index in [4.69, 9.17) is 46.2 Å². The van der Waals surface area contributed by atoms with Gasteiger partial charge in [-0.05, 0) is 144 Å². The third-order valence-corrected chi connectivity index (χ3v) is 24.5. The molecule has 2 amide bonds. The minimum absolute atomic E-state index is 0.0676. The number of thiophene rings is 6. The van der Waals surface area contributed by atoms with Crippen LogP contribution in [0.5, 0.6) is 0 Å². The first kappa shape index (κ1) is 57.5. The number of aliphatic carboxylic acids is 1. The SMILES string of the molecule is CN1C(=O)/C(=C/c2ccc(-c3ccc(-c4ccc(N(c5ccc(-c6ccc(-c7ccc(/C=C8/SC(=S)C(CC(=O)O)C8=O)s7)s6)cc5)c5ccc(-c6ccc(-c7ccc(/C=C8/SC(=S)N(C)C8=O)s7)s6)cc5)cc4)s3)s2)SC1=S.O=C=O. The van der Waals surface area contributed by atoms with Gasteiger partial charge in [-0.15, -0.1) is 68.0 Å². The lowest BCUT2D eigenvalue weighted by molar-refractivity contribution is -0.191. The Morgan fingerprint density at radius 2 is 0.780 bits per heavy atom. The number of likely N-dealkylation sites (N-methyl/N-ethyl adjacent to an activating group) is 2. The van der Waals surface area contributed by atoms with Crippen LogP contribution < -0.4 is 4.90 Å². The molecule has 3 aliphatic heterocycles. The molecule has 3 saturated heterocycles. The second-order valence-electron chi connectivity index (χ2n) is 18.1. The third kappa shape index (κ3) is 12.3. The average molecular weight is 1300 g/mol. The lowest BCUT2D eigenvalue weighted by atomic mass is 10.0. The number of nitrogens with zero attached hydrogens (tertiary/aromatic N) is 3. The topological polar surface area (TPSA) is 132 Å². The Morgan fingerprint density at radius 1 is 0.476 bits per heavy atom. The maximum atomic E-state index is 13.0. The number of anilines is 3. The van der Waals surface area contributed by atoms with Crippen molar-refractivity contribution in [3.8, 4) is 60.6 Å². The summed E-state index contributed by atoms with van der Waals surface area (Å²) in [6, 6.07) is 51.4. The number of rotatable bonds is 14. The van der Waals surface area contributed by atoms with Crippen LogP contribution in [-0.4, -0.2) is 71.6 Å². The quantitative estimate of drug-likeness (QED) is 0.0818. The van der Waals surface area contributed by atoms with Gasteiger partial charge in [0.2, 0.25) is 0 Å². The van der Waals surface area contributed by atoms with Crippen LogP contribution in [0.1, 0.15) is 21.1 Å². The van der Waals surface area contributed by atoms with Gasteiger partial charge in [-0.1, -0.05) is 108 Å². The first-order chi connectivity index (χ1) is 39.6. The number of thioether (sulfide) groups is 3. The molecule has 82 heavy (non-hydrogen) atoms. The van der Waals surface area contributed by atoms with Crippen LogP contribution in [0.4, 0.5) is 17.1 Å². The number of benzene rings is 3. The Kier molecular flexibility index (Phi) is 17.4. The van der Waals surface area contributed by atoms with Crippen molar-refractivity contribution in [3.63, 3.8) is 0 Å². The molecule has 1 unspecified atom stereocenters. The number of allylic oxidation sites excluding steroid dienone is 1. The Bertz CT molecular complexity index is 4010. The summed E-state index contributed by atoms with van der Waals surface area (Å²) in [4.78, 5) is 86.1. The number of carbonyl (C=O) groups excluding carboxylic acids is 5. The zero-order chi connectivity index (χ0) is 57.3. The van der Waals surface area contributed by atoms with Crippen LogP contribution >= 0.6 is 140 Å². The van der Waals surface area contributed by atoms with E-state index in [1.54, 1.807) is 82.1 Å². The molecule has 12 rings (SSSR count). The van der Waals surface area contributed by atoms with Gasteiger partial charge < -0.3 is 10.0 Å². The largest absolute Gasteiger partial charge is 0.481 e. The summed E-state index contributed by atoms with van der Waals surface area (Å²) < 4.78 is 1.54. The fourth-order valence-corrected chi connectivity index (χ4v) is 18.9. The standard InChI is InChI=1S/C59H37N3O5S12.CO2/c1-60-55(66)51(78-58(60)69)28-38-16-19-45(72-38)48-25-22-42(75-48)32-5-11-35(12-6-32)62(36-13-7-33(8-14-36)43-23-26-49(76-43)46-20-17-39(73-46)29-52-56(67)61(2)59(70)79-52)34-9-3-31(4-10-34)41-21-24-47(74-41)44-18-15-37(71-44)27-50-54(65)40(30-53(63)64)57(68)77-50;2-1-3/h3-29,40H,30H2,1-2H3,(H,63,64);/b50-27+,51-28-,52-29+;. The number of hydrogen-bond acceptors (Lipinski definition) is 19. The van der Waals surface area contributed by atoms with Crippen LogP contribution in [0, 0.1) is 5.92 Å². The highest BCUT2D eigenvalue weighted by atomic mass is 32.2. The van der Waals surface area contributed by atoms with E-state index in [1.165, 1.54) is 45.1 Å². The monoisotopic (exact) mass is 1290 g/mol. The molecule has 6 aromatic heterocycles. The molecule has 0 spiro atoms. The van der Waals surface area contributed by atoms with Crippen molar-refractivity contribution in [1.29, 1.82) is 0 Å². The molecule has 0 saturated carbocycles. The number of ketones is 1. The summed E-state index contributed by atoms with van der Waals surface area (Å²) >= 11 is 30.0. The lowest BCUT2D eigenvalue weighted by Gasteiger charge is -2.26. The highest BCUT2D eigenvalue weighted by Gasteiger charge is 2.37. The summed E-state index contributed by atoms with van der Waals surface area (Å²) in [5.41, 5.74) is 6.33. The molecule has 0 aliphatic carbocycles. The van der Waals surface area contributed by atoms with E-state index < -0.39 is 11.9 Å². The van der Waals surface area contributed by atoms with Crippen LogP contribution in [0.15, 0.2) is 160 Å². The van der Waals surface area contributed by atoms with Gasteiger partial charge in [0, 0.05) is 89.7 Å². The van der Waals surface area contributed by atoms with Crippen LogP contribution in [0.2, 0.25) is 0 Å². The second kappa shape index (κ2) is 24.9. The van der Waals surface area contributed by atoms with Crippen molar-refractivity contribution in [1.82, 2.24) is 9.80 Å². The fourth-order valence-electron chi connectivity index (χ4n) is 8.77. The maximum absolute atomic E-state index is 13.0. The van der Waals surface area contributed by atoms with Crippen LogP contribution in [0.3, 0.4) is 0 Å². The highest BCUT2D eigenvalue weighted by molar-refractivity contribution is 8.27. The summed E-state index contributed by atoms with van der Waals surface area (Å²) in [6.45, 7) is 0. The van der Waals surface area contributed by atoms with Gasteiger partial charge in [0.05, 0.1) is 31.3 Å². The van der Waals surface area contributed by atoms with E-state index in [0.29, 0.717) is 27.6 Å². The first-order valence-electron chi connectivity index (χ1n) is 24.4. The van der Waals surface area contributed by atoms with Crippen molar-refractivity contribution in [2.45, 2.75) is 6.42 Å². The van der Waals surface area contributed by atoms with E-state index in [9.17, 15) is 24.3 Å².